The van der Waals surface area contributed by atoms with Gasteiger partial charge in [-0.05, 0) is 30.5 Å². The fraction of sp³-hybridized carbons (Fsp3) is 0.286. The quantitative estimate of drug-likeness (QED) is 0.933. The summed E-state index contributed by atoms with van der Waals surface area (Å²) >= 11 is 1.64. The molecule has 0 fully saturated rings. The largest absolute Gasteiger partial charge is 0.363 e. The lowest BCUT2D eigenvalue weighted by Crippen LogP contribution is -2.26. The molecule has 19 heavy (non-hydrogen) atoms. The average molecular weight is 275 g/mol. The fourth-order valence-electron chi connectivity index (χ4n) is 1.67. The normalized spacial score (nSPS) is 11.9. The SMILES string of the molecule is C[C@@H](NC(=O)c1ccc(N(C)C)nc1)c1cccs1. The Morgan fingerprint density at radius 2 is 2.16 bits per heavy atom. The predicted octanol–water partition coefficient (Wildman–Crippen LogP) is 2.70. The number of hydrogen-bond acceptors (Lipinski definition) is 4. The Morgan fingerprint density at radius 1 is 1.37 bits per heavy atom. The van der Waals surface area contributed by atoms with Crippen molar-refractivity contribution in [2.75, 3.05) is 19.0 Å². The molecule has 0 aromatic carbocycles. The lowest BCUT2D eigenvalue weighted by molar-refractivity contribution is 0.0940. The Kier molecular flexibility index (Phi) is 4.16. The molecule has 0 saturated carbocycles. The van der Waals surface area contributed by atoms with E-state index in [1.807, 2.05) is 49.5 Å². The van der Waals surface area contributed by atoms with Gasteiger partial charge in [-0.2, -0.15) is 0 Å². The van der Waals surface area contributed by atoms with E-state index in [1.54, 1.807) is 23.6 Å². The summed E-state index contributed by atoms with van der Waals surface area (Å²) in [6.07, 6.45) is 1.60. The molecule has 0 unspecified atom stereocenters. The molecular formula is C14H17N3OS. The van der Waals surface area contributed by atoms with E-state index in [0.717, 1.165) is 10.7 Å². The second kappa shape index (κ2) is 5.84. The summed E-state index contributed by atoms with van der Waals surface area (Å²) in [5.41, 5.74) is 0.578. The summed E-state index contributed by atoms with van der Waals surface area (Å²) in [5, 5.41) is 4.97. The van der Waals surface area contributed by atoms with Crippen LogP contribution in [0.5, 0.6) is 0 Å². The van der Waals surface area contributed by atoms with Gasteiger partial charge in [0.25, 0.3) is 5.91 Å². The van der Waals surface area contributed by atoms with E-state index in [0.29, 0.717) is 5.56 Å². The van der Waals surface area contributed by atoms with Crippen molar-refractivity contribution in [3.63, 3.8) is 0 Å². The number of aromatic nitrogens is 1. The highest BCUT2D eigenvalue weighted by molar-refractivity contribution is 7.10. The highest BCUT2D eigenvalue weighted by Crippen LogP contribution is 2.18. The zero-order valence-electron chi connectivity index (χ0n) is 11.3. The molecule has 1 amide bonds. The van der Waals surface area contributed by atoms with Crippen LogP contribution in [0.4, 0.5) is 5.82 Å². The minimum Gasteiger partial charge on any atom is -0.363 e. The maximum atomic E-state index is 12.1. The van der Waals surface area contributed by atoms with Crippen molar-refractivity contribution < 1.29 is 4.79 Å². The van der Waals surface area contributed by atoms with Gasteiger partial charge in [0.2, 0.25) is 0 Å². The second-order valence-corrected chi connectivity index (χ2v) is 5.49. The number of carbonyl (C=O) groups is 1. The molecule has 0 aliphatic heterocycles. The number of amides is 1. The van der Waals surface area contributed by atoms with Crippen LogP contribution in [0, 0.1) is 0 Å². The van der Waals surface area contributed by atoms with Crippen LogP contribution in [-0.4, -0.2) is 25.0 Å². The zero-order valence-corrected chi connectivity index (χ0v) is 12.1. The second-order valence-electron chi connectivity index (χ2n) is 4.51. The van der Waals surface area contributed by atoms with Gasteiger partial charge in [-0.1, -0.05) is 6.07 Å². The molecule has 2 aromatic heterocycles. The molecule has 0 aliphatic rings. The minimum absolute atomic E-state index is 0.0148. The average Bonchev–Trinajstić information content (AvgIpc) is 2.92. The third-order valence-corrected chi connectivity index (χ3v) is 3.84. The molecule has 0 spiro atoms. The molecule has 0 bridgehead atoms. The summed E-state index contributed by atoms with van der Waals surface area (Å²) in [4.78, 5) is 19.4. The van der Waals surface area contributed by atoms with Gasteiger partial charge in [0.05, 0.1) is 11.6 Å². The first-order valence-electron chi connectivity index (χ1n) is 6.05. The summed E-state index contributed by atoms with van der Waals surface area (Å²) in [7, 11) is 3.84. The number of hydrogen-bond donors (Lipinski definition) is 1. The molecular weight excluding hydrogens is 258 g/mol. The first-order valence-corrected chi connectivity index (χ1v) is 6.93. The van der Waals surface area contributed by atoms with Crippen LogP contribution < -0.4 is 10.2 Å². The van der Waals surface area contributed by atoms with E-state index in [-0.39, 0.29) is 11.9 Å². The molecule has 5 heteroatoms. The highest BCUT2D eigenvalue weighted by Gasteiger charge is 2.12. The molecule has 2 aromatic rings. The van der Waals surface area contributed by atoms with Crippen molar-refractivity contribution in [2.45, 2.75) is 13.0 Å². The smallest absolute Gasteiger partial charge is 0.253 e. The lowest BCUT2D eigenvalue weighted by atomic mass is 10.2. The maximum absolute atomic E-state index is 12.1. The monoisotopic (exact) mass is 275 g/mol. The van der Waals surface area contributed by atoms with Crippen molar-refractivity contribution in [2.24, 2.45) is 0 Å². The highest BCUT2D eigenvalue weighted by atomic mass is 32.1. The number of nitrogens with one attached hydrogen (secondary N) is 1. The van der Waals surface area contributed by atoms with E-state index in [2.05, 4.69) is 10.3 Å². The topological polar surface area (TPSA) is 45.2 Å². The predicted molar refractivity (Wildman–Crippen MR) is 78.8 cm³/mol. The standard InChI is InChI=1S/C14H17N3OS/c1-10(12-5-4-8-19-12)16-14(18)11-6-7-13(15-9-11)17(2)3/h4-10H,1-3H3,(H,16,18)/t10-/m1/s1. The van der Waals surface area contributed by atoms with E-state index < -0.39 is 0 Å². The third kappa shape index (κ3) is 3.32. The summed E-state index contributed by atoms with van der Waals surface area (Å²) in [6, 6.07) is 7.64. The van der Waals surface area contributed by atoms with Gasteiger partial charge >= 0.3 is 0 Å². The van der Waals surface area contributed by atoms with Gasteiger partial charge in [0.1, 0.15) is 5.82 Å². The molecule has 2 heterocycles. The number of pyridine rings is 1. The van der Waals surface area contributed by atoms with Crippen molar-refractivity contribution in [1.29, 1.82) is 0 Å². The zero-order chi connectivity index (χ0) is 13.8. The van der Waals surface area contributed by atoms with Crippen LogP contribution in [0.3, 0.4) is 0 Å². The molecule has 0 aliphatic carbocycles. The van der Waals surface area contributed by atoms with Crippen molar-refractivity contribution in [1.82, 2.24) is 10.3 Å². The summed E-state index contributed by atoms with van der Waals surface area (Å²) in [6.45, 7) is 1.98. The summed E-state index contributed by atoms with van der Waals surface area (Å²) in [5.74, 6) is 0.738. The molecule has 1 atom stereocenters. The molecule has 100 valence electrons. The van der Waals surface area contributed by atoms with Crippen LogP contribution >= 0.6 is 11.3 Å². The van der Waals surface area contributed by atoms with Crippen LogP contribution in [0.2, 0.25) is 0 Å². The number of carbonyl (C=O) groups excluding carboxylic acids is 1. The van der Waals surface area contributed by atoms with Crippen LogP contribution in [0.1, 0.15) is 28.2 Å². The number of anilines is 1. The summed E-state index contributed by atoms with van der Waals surface area (Å²) < 4.78 is 0. The lowest BCUT2D eigenvalue weighted by Gasteiger charge is -2.13. The first-order chi connectivity index (χ1) is 9.08. The van der Waals surface area contributed by atoms with Gasteiger partial charge in [0, 0.05) is 25.2 Å². The fourth-order valence-corrected chi connectivity index (χ4v) is 2.41. The van der Waals surface area contributed by atoms with Gasteiger partial charge < -0.3 is 10.2 Å². The van der Waals surface area contributed by atoms with E-state index in [1.165, 1.54) is 0 Å². The van der Waals surface area contributed by atoms with E-state index >= 15 is 0 Å². The van der Waals surface area contributed by atoms with Crippen molar-refractivity contribution in [3.8, 4) is 0 Å². The van der Waals surface area contributed by atoms with E-state index in [9.17, 15) is 4.79 Å². The molecule has 4 nitrogen and oxygen atoms in total. The van der Waals surface area contributed by atoms with Gasteiger partial charge in [-0.25, -0.2) is 4.98 Å². The Labute approximate surface area is 117 Å². The van der Waals surface area contributed by atoms with Crippen LogP contribution in [-0.2, 0) is 0 Å². The van der Waals surface area contributed by atoms with Crippen molar-refractivity contribution >= 4 is 23.1 Å². The maximum Gasteiger partial charge on any atom is 0.253 e. The van der Waals surface area contributed by atoms with Gasteiger partial charge in [-0.3, -0.25) is 4.79 Å². The van der Waals surface area contributed by atoms with Crippen LogP contribution in [0.15, 0.2) is 35.8 Å². The molecule has 0 saturated heterocycles. The Hall–Kier alpha value is -1.88. The van der Waals surface area contributed by atoms with Gasteiger partial charge in [0.15, 0.2) is 0 Å². The Bertz CT molecular complexity index is 534. The first kappa shape index (κ1) is 13.5. The Balaban J connectivity index is 2.03. The van der Waals surface area contributed by atoms with Gasteiger partial charge in [-0.15, -0.1) is 11.3 Å². The van der Waals surface area contributed by atoms with Crippen LogP contribution in [0.25, 0.3) is 0 Å². The molecule has 2 rings (SSSR count). The third-order valence-electron chi connectivity index (χ3n) is 2.79. The molecule has 0 radical (unpaired) electrons. The number of thiophene rings is 1. The van der Waals surface area contributed by atoms with Crippen molar-refractivity contribution in [3.05, 3.63) is 46.3 Å². The number of nitrogens with zero attached hydrogens (tertiary/aromatic N) is 2. The molecule has 1 N–H and O–H groups in total. The Morgan fingerprint density at radius 3 is 2.68 bits per heavy atom. The van der Waals surface area contributed by atoms with E-state index in [4.69, 9.17) is 0 Å². The minimum atomic E-state index is -0.0984. The number of rotatable bonds is 4.